The van der Waals surface area contributed by atoms with Crippen molar-refractivity contribution in [1.29, 1.82) is 0 Å². The number of rotatable bonds is 4. The van der Waals surface area contributed by atoms with Crippen molar-refractivity contribution in [3.05, 3.63) is 24.3 Å². The first-order valence-corrected chi connectivity index (χ1v) is 9.31. The number of carbonyl (C=O) groups excluding carboxylic acids is 4. The van der Waals surface area contributed by atoms with Crippen LogP contribution in [-0.2, 0) is 19.1 Å². The number of imide groups is 1. The van der Waals surface area contributed by atoms with Gasteiger partial charge in [-0.25, -0.2) is 9.69 Å². The van der Waals surface area contributed by atoms with Gasteiger partial charge in [0.1, 0.15) is 0 Å². The lowest BCUT2D eigenvalue weighted by atomic mass is 10.2. The fraction of sp³-hybridized carbons (Fsp3) is 0.474. The van der Waals surface area contributed by atoms with Crippen LogP contribution in [0.4, 0.5) is 16.2 Å². The van der Waals surface area contributed by atoms with Crippen LogP contribution >= 0.6 is 0 Å². The van der Waals surface area contributed by atoms with Gasteiger partial charge < -0.3 is 15.0 Å². The molecule has 2 saturated heterocycles. The number of nitrogens with one attached hydrogen (secondary N) is 1. The molecule has 2 fully saturated rings. The van der Waals surface area contributed by atoms with Crippen molar-refractivity contribution in [2.75, 3.05) is 43.0 Å². The largest absolute Gasteiger partial charge is 0.450 e. The average Bonchev–Trinajstić information content (AvgIpc) is 2.97. The number of amides is 4. The van der Waals surface area contributed by atoms with Gasteiger partial charge in [0.25, 0.3) is 5.91 Å². The van der Waals surface area contributed by atoms with E-state index in [1.54, 1.807) is 36.1 Å². The molecule has 28 heavy (non-hydrogen) atoms. The molecule has 2 heterocycles. The van der Waals surface area contributed by atoms with E-state index < -0.39 is 6.04 Å². The number of benzene rings is 1. The molecular formula is C19H24N4O5. The quantitative estimate of drug-likeness (QED) is 0.774. The number of carbonyl (C=O) groups is 4. The first kappa shape index (κ1) is 19.8. The van der Waals surface area contributed by atoms with Crippen molar-refractivity contribution in [2.24, 2.45) is 0 Å². The molecule has 0 spiro atoms. The lowest BCUT2D eigenvalue weighted by Crippen LogP contribution is -2.54. The van der Waals surface area contributed by atoms with Crippen LogP contribution in [0.3, 0.4) is 0 Å². The molecule has 0 aromatic heterocycles. The summed E-state index contributed by atoms with van der Waals surface area (Å²) in [4.78, 5) is 53.0. The van der Waals surface area contributed by atoms with E-state index in [9.17, 15) is 19.2 Å². The molecule has 9 heteroatoms. The average molecular weight is 388 g/mol. The Hall–Kier alpha value is -2.94. The first-order chi connectivity index (χ1) is 13.4. The number of hydrogen-bond donors (Lipinski definition) is 1. The van der Waals surface area contributed by atoms with Gasteiger partial charge in [-0.05, 0) is 31.2 Å². The highest BCUT2D eigenvalue weighted by Gasteiger charge is 2.43. The van der Waals surface area contributed by atoms with Gasteiger partial charge in [0.15, 0.2) is 0 Å². The van der Waals surface area contributed by atoms with Crippen molar-refractivity contribution in [1.82, 2.24) is 9.80 Å². The van der Waals surface area contributed by atoms with Crippen LogP contribution in [0.5, 0.6) is 0 Å². The second-order valence-corrected chi connectivity index (χ2v) is 6.74. The predicted octanol–water partition coefficient (Wildman–Crippen LogP) is 1.05. The van der Waals surface area contributed by atoms with E-state index in [0.717, 1.165) is 0 Å². The molecular weight excluding hydrogens is 364 g/mol. The number of hydrogen-bond acceptors (Lipinski definition) is 6. The highest BCUT2D eigenvalue weighted by molar-refractivity contribution is 6.22. The third kappa shape index (κ3) is 4.14. The van der Waals surface area contributed by atoms with Gasteiger partial charge in [0.05, 0.1) is 24.8 Å². The lowest BCUT2D eigenvalue weighted by molar-refractivity contribution is -0.123. The maximum Gasteiger partial charge on any atom is 0.409 e. The monoisotopic (exact) mass is 388 g/mol. The van der Waals surface area contributed by atoms with Gasteiger partial charge in [-0.3, -0.25) is 19.3 Å². The molecule has 0 aliphatic carbocycles. The second-order valence-electron chi connectivity index (χ2n) is 6.74. The summed E-state index contributed by atoms with van der Waals surface area (Å²) in [6.45, 7) is 5.44. The zero-order valence-corrected chi connectivity index (χ0v) is 16.0. The topological polar surface area (TPSA) is 99.3 Å². The normalized spacial score (nSPS) is 20.4. The number of ether oxygens (including phenoxy) is 1. The highest BCUT2D eigenvalue weighted by atomic mass is 16.6. The zero-order chi connectivity index (χ0) is 20.3. The van der Waals surface area contributed by atoms with E-state index in [1.165, 1.54) is 11.8 Å². The summed E-state index contributed by atoms with van der Waals surface area (Å²) in [6.07, 6.45) is -0.233. The molecule has 0 radical (unpaired) electrons. The summed E-state index contributed by atoms with van der Waals surface area (Å²) in [6, 6.07) is 6.07. The van der Waals surface area contributed by atoms with Crippen molar-refractivity contribution < 1.29 is 23.9 Å². The fourth-order valence-corrected chi connectivity index (χ4v) is 3.50. The molecule has 2 aliphatic rings. The van der Waals surface area contributed by atoms with Crippen LogP contribution in [0.1, 0.15) is 20.3 Å². The molecule has 1 N–H and O–H groups in total. The van der Waals surface area contributed by atoms with Crippen molar-refractivity contribution in [2.45, 2.75) is 26.3 Å². The van der Waals surface area contributed by atoms with Crippen LogP contribution in [-0.4, -0.2) is 72.4 Å². The van der Waals surface area contributed by atoms with Gasteiger partial charge in [0.2, 0.25) is 11.8 Å². The molecule has 2 aliphatic heterocycles. The third-order valence-corrected chi connectivity index (χ3v) is 4.85. The maximum absolute atomic E-state index is 12.9. The Labute approximate surface area is 163 Å². The Bertz CT molecular complexity index is 771. The predicted molar refractivity (Wildman–Crippen MR) is 102 cm³/mol. The van der Waals surface area contributed by atoms with Crippen LogP contribution in [0.2, 0.25) is 0 Å². The molecule has 0 saturated carbocycles. The SMILES string of the molecule is CCOC(=O)N1CCN([C@H]2CC(=O)N(c3ccc(NC(C)=O)cc3)C2=O)CC1. The zero-order valence-electron chi connectivity index (χ0n) is 16.0. The Morgan fingerprint density at radius 2 is 1.75 bits per heavy atom. The summed E-state index contributed by atoms with van der Waals surface area (Å²) in [5.41, 5.74) is 1.08. The molecule has 0 unspecified atom stereocenters. The van der Waals surface area contributed by atoms with Gasteiger partial charge in [-0.15, -0.1) is 0 Å². The molecule has 4 amide bonds. The number of nitrogens with zero attached hydrogens (tertiary/aromatic N) is 3. The first-order valence-electron chi connectivity index (χ1n) is 9.31. The molecule has 3 rings (SSSR count). The minimum Gasteiger partial charge on any atom is -0.450 e. The standard InChI is InChI=1S/C19H24N4O5/c1-3-28-19(27)22-10-8-21(9-11-22)16-12-17(25)23(18(16)26)15-6-4-14(5-7-15)20-13(2)24/h4-7,16H,3,8-12H2,1-2H3,(H,20,24)/t16-/m0/s1. The van der Waals surface area contributed by atoms with E-state index in [0.29, 0.717) is 44.2 Å². The van der Waals surface area contributed by atoms with Gasteiger partial charge in [0, 0.05) is 38.8 Å². The molecule has 1 aromatic rings. The van der Waals surface area contributed by atoms with E-state index in [-0.39, 0.29) is 30.2 Å². The Kier molecular flexibility index (Phi) is 5.93. The summed E-state index contributed by atoms with van der Waals surface area (Å²) >= 11 is 0. The summed E-state index contributed by atoms with van der Waals surface area (Å²) in [7, 11) is 0. The van der Waals surface area contributed by atoms with Crippen molar-refractivity contribution >= 4 is 35.2 Å². The summed E-state index contributed by atoms with van der Waals surface area (Å²) < 4.78 is 5.00. The Morgan fingerprint density at radius 3 is 2.32 bits per heavy atom. The van der Waals surface area contributed by atoms with Crippen molar-refractivity contribution in [3.63, 3.8) is 0 Å². The summed E-state index contributed by atoms with van der Waals surface area (Å²) in [5, 5.41) is 2.65. The van der Waals surface area contributed by atoms with E-state index in [4.69, 9.17) is 4.74 Å². The summed E-state index contributed by atoms with van der Waals surface area (Å²) in [5.74, 6) is -0.708. The van der Waals surface area contributed by atoms with E-state index >= 15 is 0 Å². The molecule has 9 nitrogen and oxygen atoms in total. The maximum atomic E-state index is 12.9. The third-order valence-electron chi connectivity index (χ3n) is 4.85. The lowest BCUT2D eigenvalue weighted by Gasteiger charge is -2.36. The number of piperazine rings is 1. The molecule has 1 atom stereocenters. The minimum absolute atomic E-state index is 0.117. The van der Waals surface area contributed by atoms with Crippen LogP contribution < -0.4 is 10.2 Å². The van der Waals surface area contributed by atoms with Gasteiger partial charge in [-0.1, -0.05) is 0 Å². The number of anilines is 2. The van der Waals surface area contributed by atoms with Gasteiger partial charge in [-0.2, -0.15) is 0 Å². The minimum atomic E-state index is -0.521. The van der Waals surface area contributed by atoms with Crippen LogP contribution in [0, 0.1) is 0 Å². The Balaban J connectivity index is 1.64. The molecule has 0 bridgehead atoms. The van der Waals surface area contributed by atoms with Gasteiger partial charge >= 0.3 is 6.09 Å². The molecule has 150 valence electrons. The Morgan fingerprint density at radius 1 is 1.11 bits per heavy atom. The highest BCUT2D eigenvalue weighted by Crippen LogP contribution is 2.27. The smallest absolute Gasteiger partial charge is 0.409 e. The fourth-order valence-electron chi connectivity index (χ4n) is 3.50. The van der Waals surface area contributed by atoms with E-state index in [2.05, 4.69) is 5.32 Å². The van der Waals surface area contributed by atoms with Crippen LogP contribution in [0.15, 0.2) is 24.3 Å². The molecule has 1 aromatic carbocycles. The van der Waals surface area contributed by atoms with Crippen LogP contribution in [0.25, 0.3) is 0 Å². The second kappa shape index (κ2) is 8.39. The van der Waals surface area contributed by atoms with Crippen molar-refractivity contribution in [3.8, 4) is 0 Å². The van der Waals surface area contributed by atoms with E-state index in [1.807, 2.05) is 4.90 Å².